The summed E-state index contributed by atoms with van der Waals surface area (Å²) in [5.74, 6) is 0.747. The Morgan fingerprint density at radius 3 is 3.00 bits per heavy atom. The third kappa shape index (κ3) is 1.22. The zero-order valence-electron chi connectivity index (χ0n) is 7.41. The lowest BCUT2D eigenvalue weighted by molar-refractivity contribution is 0.338. The zero-order chi connectivity index (χ0) is 9.26. The fourth-order valence-corrected chi connectivity index (χ4v) is 1.33. The van der Waals surface area contributed by atoms with E-state index < -0.39 is 0 Å². The molecule has 1 heterocycles. The molecule has 3 nitrogen and oxygen atoms in total. The van der Waals surface area contributed by atoms with Gasteiger partial charge in [-0.3, -0.25) is 0 Å². The highest BCUT2D eigenvalue weighted by molar-refractivity contribution is 5.93. The number of hydrogen-bond donors (Lipinski definition) is 1. The largest absolute Gasteiger partial charge is 0.490 e. The summed E-state index contributed by atoms with van der Waals surface area (Å²) in [6.07, 6.45) is 1.61. The molecule has 0 spiro atoms. The van der Waals surface area contributed by atoms with E-state index in [4.69, 9.17) is 14.9 Å². The number of benzene rings is 1. The van der Waals surface area contributed by atoms with Gasteiger partial charge in [0.2, 0.25) is 0 Å². The minimum atomic E-state index is 0.625. The third-order valence-corrected chi connectivity index (χ3v) is 1.91. The van der Waals surface area contributed by atoms with Crippen molar-refractivity contribution in [3.63, 3.8) is 0 Å². The number of rotatable bonds is 2. The molecule has 0 aliphatic carbocycles. The van der Waals surface area contributed by atoms with Gasteiger partial charge in [0.25, 0.3) is 0 Å². The van der Waals surface area contributed by atoms with Crippen LogP contribution < -0.4 is 10.5 Å². The molecule has 0 atom stereocenters. The van der Waals surface area contributed by atoms with Gasteiger partial charge in [0.1, 0.15) is 0 Å². The van der Waals surface area contributed by atoms with E-state index in [1.54, 1.807) is 6.26 Å². The molecule has 0 fully saturated rings. The molecule has 1 aromatic heterocycles. The number of fused-ring (bicyclic) bond motifs is 1. The van der Waals surface area contributed by atoms with E-state index in [9.17, 15) is 0 Å². The third-order valence-electron chi connectivity index (χ3n) is 1.91. The molecule has 3 heteroatoms. The molecule has 1 aromatic carbocycles. The van der Waals surface area contributed by atoms with Crippen molar-refractivity contribution >= 4 is 16.7 Å². The molecule has 2 aromatic rings. The molecular formula is C10H11NO2. The van der Waals surface area contributed by atoms with Crippen LogP contribution in [0.5, 0.6) is 5.75 Å². The van der Waals surface area contributed by atoms with Crippen molar-refractivity contribution in [1.29, 1.82) is 0 Å². The van der Waals surface area contributed by atoms with Crippen LogP contribution >= 0.6 is 0 Å². The standard InChI is InChI=1S/C10H11NO2/c1-2-12-9-4-3-8(11)7-5-6-13-10(7)9/h3-6H,2,11H2,1H3. The number of anilines is 1. The van der Waals surface area contributed by atoms with E-state index in [-0.39, 0.29) is 0 Å². The Bertz CT molecular complexity index is 420. The van der Waals surface area contributed by atoms with Gasteiger partial charge in [-0.15, -0.1) is 0 Å². The Morgan fingerprint density at radius 1 is 1.38 bits per heavy atom. The van der Waals surface area contributed by atoms with Gasteiger partial charge in [-0.25, -0.2) is 0 Å². The maximum absolute atomic E-state index is 5.75. The second-order valence-electron chi connectivity index (χ2n) is 2.75. The second kappa shape index (κ2) is 3.01. The fourth-order valence-electron chi connectivity index (χ4n) is 1.33. The lowest BCUT2D eigenvalue weighted by Crippen LogP contribution is -1.93. The first kappa shape index (κ1) is 7.98. The van der Waals surface area contributed by atoms with Crippen molar-refractivity contribution in [3.8, 4) is 5.75 Å². The molecule has 0 aliphatic heterocycles. The minimum Gasteiger partial charge on any atom is -0.490 e. The van der Waals surface area contributed by atoms with E-state index in [1.807, 2.05) is 25.1 Å². The number of furan rings is 1. The summed E-state index contributed by atoms with van der Waals surface area (Å²) in [7, 11) is 0. The van der Waals surface area contributed by atoms with Crippen molar-refractivity contribution < 1.29 is 9.15 Å². The molecule has 2 rings (SSSR count). The smallest absolute Gasteiger partial charge is 0.177 e. The predicted octanol–water partition coefficient (Wildman–Crippen LogP) is 2.41. The molecule has 0 amide bonds. The van der Waals surface area contributed by atoms with Gasteiger partial charge in [-0.05, 0) is 25.1 Å². The predicted molar refractivity (Wildman–Crippen MR) is 51.8 cm³/mol. The minimum absolute atomic E-state index is 0.625. The molecule has 0 saturated carbocycles. The van der Waals surface area contributed by atoms with Crippen LogP contribution in [0.2, 0.25) is 0 Å². The molecular weight excluding hydrogens is 166 g/mol. The summed E-state index contributed by atoms with van der Waals surface area (Å²) in [5, 5.41) is 0.908. The van der Waals surface area contributed by atoms with Crippen molar-refractivity contribution in [2.75, 3.05) is 12.3 Å². The summed E-state index contributed by atoms with van der Waals surface area (Å²) in [4.78, 5) is 0. The lowest BCUT2D eigenvalue weighted by Gasteiger charge is -2.04. The number of ether oxygens (including phenoxy) is 1. The number of nitrogens with two attached hydrogens (primary N) is 1. The van der Waals surface area contributed by atoms with E-state index in [0.29, 0.717) is 12.3 Å². The van der Waals surface area contributed by atoms with Gasteiger partial charge in [0.05, 0.1) is 12.9 Å². The zero-order valence-corrected chi connectivity index (χ0v) is 7.41. The Balaban J connectivity index is 2.64. The van der Waals surface area contributed by atoms with Gasteiger partial charge >= 0.3 is 0 Å². The van der Waals surface area contributed by atoms with Gasteiger partial charge in [-0.1, -0.05) is 0 Å². The normalized spacial score (nSPS) is 10.5. The first-order valence-corrected chi connectivity index (χ1v) is 4.21. The average Bonchev–Trinajstić information content (AvgIpc) is 2.59. The molecule has 2 N–H and O–H groups in total. The van der Waals surface area contributed by atoms with E-state index in [2.05, 4.69) is 0 Å². The first-order valence-electron chi connectivity index (χ1n) is 4.21. The Morgan fingerprint density at radius 2 is 2.23 bits per heavy atom. The van der Waals surface area contributed by atoms with Crippen LogP contribution in [0, 0.1) is 0 Å². The molecule has 0 aliphatic rings. The highest BCUT2D eigenvalue weighted by Gasteiger charge is 2.06. The van der Waals surface area contributed by atoms with Crippen LogP contribution in [0.25, 0.3) is 11.0 Å². The van der Waals surface area contributed by atoms with Crippen LogP contribution in [0.1, 0.15) is 6.92 Å². The summed E-state index contributed by atoms with van der Waals surface area (Å²) in [5.41, 5.74) is 7.19. The van der Waals surface area contributed by atoms with E-state index in [0.717, 1.165) is 16.7 Å². The number of hydrogen-bond acceptors (Lipinski definition) is 3. The molecule has 0 radical (unpaired) electrons. The molecule has 13 heavy (non-hydrogen) atoms. The van der Waals surface area contributed by atoms with E-state index >= 15 is 0 Å². The van der Waals surface area contributed by atoms with Crippen LogP contribution in [0.15, 0.2) is 28.9 Å². The van der Waals surface area contributed by atoms with Gasteiger partial charge < -0.3 is 14.9 Å². The fraction of sp³-hybridized carbons (Fsp3) is 0.200. The number of nitrogen functional groups attached to an aromatic ring is 1. The quantitative estimate of drug-likeness (QED) is 0.716. The van der Waals surface area contributed by atoms with Gasteiger partial charge in [0, 0.05) is 11.1 Å². The second-order valence-corrected chi connectivity index (χ2v) is 2.75. The Hall–Kier alpha value is -1.64. The van der Waals surface area contributed by atoms with Crippen LogP contribution in [-0.4, -0.2) is 6.61 Å². The van der Waals surface area contributed by atoms with Gasteiger partial charge in [-0.2, -0.15) is 0 Å². The SMILES string of the molecule is CCOc1ccc(N)c2ccoc12. The summed E-state index contributed by atoms with van der Waals surface area (Å²) in [6, 6.07) is 5.49. The Kier molecular flexibility index (Phi) is 1.85. The average molecular weight is 177 g/mol. The Labute approximate surface area is 76.1 Å². The lowest BCUT2D eigenvalue weighted by atomic mass is 10.2. The molecule has 0 unspecified atom stereocenters. The first-order chi connectivity index (χ1) is 6.33. The van der Waals surface area contributed by atoms with Crippen molar-refractivity contribution in [1.82, 2.24) is 0 Å². The van der Waals surface area contributed by atoms with E-state index in [1.165, 1.54) is 0 Å². The summed E-state index contributed by atoms with van der Waals surface area (Å²) in [6.45, 7) is 2.56. The van der Waals surface area contributed by atoms with Crippen LogP contribution in [-0.2, 0) is 0 Å². The maximum atomic E-state index is 5.75. The van der Waals surface area contributed by atoms with Crippen molar-refractivity contribution in [3.05, 3.63) is 24.5 Å². The van der Waals surface area contributed by atoms with Crippen molar-refractivity contribution in [2.45, 2.75) is 6.92 Å². The molecule has 68 valence electrons. The topological polar surface area (TPSA) is 48.4 Å². The summed E-state index contributed by atoms with van der Waals surface area (Å²) >= 11 is 0. The monoisotopic (exact) mass is 177 g/mol. The highest BCUT2D eigenvalue weighted by atomic mass is 16.5. The van der Waals surface area contributed by atoms with Crippen molar-refractivity contribution in [2.24, 2.45) is 0 Å². The molecule has 0 saturated heterocycles. The van der Waals surface area contributed by atoms with Crippen LogP contribution in [0.3, 0.4) is 0 Å². The van der Waals surface area contributed by atoms with Crippen LogP contribution in [0.4, 0.5) is 5.69 Å². The van der Waals surface area contributed by atoms with Gasteiger partial charge in [0.15, 0.2) is 11.3 Å². The molecule has 0 bridgehead atoms. The summed E-state index contributed by atoms with van der Waals surface area (Å²) < 4.78 is 10.7. The maximum Gasteiger partial charge on any atom is 0.177 e. The highest BCUT2D eigenvalue weighted by Crippen LogP contribution is 2.30.